The van der Waals surface area contributed by atoms with Crippen LogP contribution in [0, 0.1) is 0 Å². The predicted octanol–water partition coefficient (Wildman–Crippen LogP) is 1.85. The van der Waals surface area contributed by atoms with Crippen LogP contribution in [0.15, 0.2) is 43.0 Å². The lowest BCUT2D eigenvalue weighted by Crippen LogP contribution is -2.45. The standard InChI is InChI=1S/C14H16O4/c1-4-10-14(12(15)17-2,13(16)18-3)11-8-6-5-7-9-11/h4-9H,1,10H2,2-3H3. The van der Waals surface area contributed by atoms with E-state index in [4.69, 9.17) is 9.47 Å². The Morgan fingerprint density at radius 1 is 1.17 bits per heavy atom. The van der Waals surface area contributed by atoms with Crippen LogP contribution < -0.4 is 0 Å². The summed E-state index contributed by atoms with van der Waals surface area (Å²) in [7, 11) is 2.48. The van der Waals surface area contributed by atoms with E-state index in [9.17, 15) is 9.59 Å². The number of hydrogen-bond acceptors (Lipinski definition) is 4. The van der Waals surface area contributed by atoms with Crippen molar-refractivity contribution in [2.45, 2.75) is 11.8 Å². The van der Waals surface area contributed by atoms with Gasteiger partial charge in [-0.15, -0.1) is 6.58 Å². The summed E-state index contributed by atoms with van der Waals surface area (Å²) in [5, 5.41) is 0. The highest BCUT2D eigenvalue weighted by molar-refractivity contribution is 6.06. The van der Waals surface area contributed by atoms with E-state index in [0.29, 0.717) is 5.56 Å². The van der Waals surface area contributed by atoms with Gasteiger partial charge in [0.15, 0.2) is 5.41 Å². The van der Waals surface area contributed by atoms with E-state index in [-0.39, 0.29) is 6.42 Å². The maximum atomic E-state index is 12.1. The molecule has 0 saturated heterocycles. The second-order valence-corrected chi connectivity index (χ2v) is 3.75. The van der Waals surface area contributed by atoms with Gasteiger partial charge in [-0.1, -0.05) is 36.4 Å². The number of hydrogen-bond donors (Lipinski definition) is 0. The van der Waals surface area contributed by atoms with E-state index in [2.05, 4.69) is 6.58 Å². The van der Waals surface area contributed by atoms with E-state index in [1.165, 1.54) is 20.3 Å². The third-order valence-electron chi connectivity index (χ3n) is 2.78. The molecule has 96 valence electrons. The van der Waals surface area contributed by atoms with Crippen molar-refractivity contribution < 1.29 is 19.1 Å². The van der Waals surface area contributed by atoms with Crippen molar-refractivity contribution in [3.63, 3.8) is 0 Å². The Morgan fingerprint density at radius 3 is 2.06 bits per heavy atom. The Balaban J connectivity index is 3.42. The molecule has 0 spiro atoms. The fraction of sp³-hybridized carbons (Fsp3) is 0.286. The van der Waals surface area contributed by atoms with Crippen LogP contribution in [0.25, 0.3) is 0 Å². The molecule has 0 unspecified atom stereocenters. The van der Waals surface area contributed by atoms with Gasteiger partial charge in [0.25, 0.3) is 0 Å². The summed E-state index contributed by atoms with van der Waals surface area (Å²) in [6.07, 6.45) is 1.62. The summed E-state index contributed by atoms with van der Waals surface area (Å²) in [6.45, 7) is 3.59. The molecule has 0 atom stereocenters. The number of benzene rings is 1. The van der Waals surface area contributed by atoms with Crippen molar-refractivity contribution >= 4 is 11.9 Å². The van der Waals surface area contributed by atoms with E-state index in [0.717, 1.165) is 0 Å². The predicted molar refractivity (Wildman–Crippen MR) is 67.0 cm³/mol. The van der Waals surface area contributed by atoms with Crippen molar-refractivity contribution in [2.24, 2.45) is 0 Å². The number of carbonyl (C=O) groups is 2. The van der Waals surface area contributed by atoms with Gasteiger partial charge in [0.05, 0.1) is 14.2 Å². The minimum atomic E-state index is -1.48. The number of methoxy groups -OCH3 is 2. The maximum Gasteiger partial charge on any atom is 0.328 e. The molecule has 0 N–H and O–H groups in total. The van der Waals surface area contributed by atoms with Crippen molar-refractivity contribution in [2.75, 3.05) is 14.2 Å². The van der Waals surface area contributed by atoms with Gasteiger partial charge in [-0.3, -0.25) is 9.59 Å². The average Bonchev–Trinajstić information content (AvgIpc) is 2.44. The second kappa shape index (κ2) is 6.00. The van der Waals surface area contributed by atoms with Gasteiger partial charge in [0, 0.05) is 0 Å². The fourth-order valence-corrected chi connectivity index (χ4v) is 1.89. The largest absolute Gasteiger partial charge is 0.468 e. The second-order valence-electron chi connectivity index (χ2n) is 3.75. The first kappa shape index (κ1) is 14.0. The first-order valence-corrected chi connectivity index (χ1v) is 5.46. The van der Waals surface area contributed by atoms with Crippen LogP contribution in [-0.4, -0.2) is 26.2 Å². The molecule has 1 rings (SSSR count). The highest BCUT2D eigenvalue weighted by atomic mass is 16.5. The minimum absolute atomic E-state index is 0.121. The van der Waals surface area contributed by atoms with Gasteiger partial charge in [-0.25, -0.2) is 0 Å². The summed E-state index contributed by atoms with van der Waals surface area (Å²) in [4.78, 5) is 24.1. The normalized spacial score (nSPS) is 10.6. The van der Waals surface area contributed by atoms with Gasteiger partial charge < -0.3 is 9.47 Å². The van der Waals surface area contributed by atoms with E-state index < -0.39 is 17.4 Å². The first-order valence-electron chi connectivity index (χ1n) is 5.46. The van der Waals surface area contributed by atoms with Crippen molar-refractivity contribution in [3.05, 3.63) is 48.6 Å². The number of rotatable bonds is 5. The molecule has 0 heterocycles. The van der Waals surface area contributed by atoms with Gasteiger partial charge in [0.1, 0.15) is 0 Å². The summed E-state index contributed by atoms with van der Waals surface area (Å²) in [5.74, 6) is -1.30. The van der Waals surface area contributed by atoms with Crippen LogP contribution in [0.4, 0.5) is 0 Å². The molecule has 0 aliphatic heterocycles. The van der Waals surface area contributed by atoms with Crippen LogP contribution in [0.2, 0.25) is 0 Å². The van der Waals surface area contributed by atoms with Crippen LogP contribution in [0.5, 0.6) is 0 Å². The molecule has 0 fully saturated rings. The first-order chi connectivity index (χ1) is 8.63. The molecule has 0 radical (unpaired) electrons. The number of ether oxygens (including phenoxy) is 2. The highest BCUT2D eigenvalue weighted by Crippen LogP contribution is 2.31. The smallest absolute Gasteiger partial charge is 0.328 e. The van der Waals surface area contributed by atoms with E-state index >= 15 is 0 Å². The third kappa shape index (κ3) is 2.27. The number of carbonyl (C=O) groups excluding carboxylic acids is 2. The molecule has 0 aromatic heterocycles. The van der Waals surface area contributed by atoms with Gasteiger partial charge in [-0.2, -0.15) is 0 Å². The zero-order chi connectivity index (χ0) is 13.6. The molecule has 0 saturated carbocycles. The number of allylic oxidation sites excluding steroid dienone is 1. The lowest BCUT2D eigenvalue weighted by Gasteiger charge is -2.27. The molecule has 0 aliphatic rings. The molecular formula is C14H16O4. The van der Waals surface area contributed by atoms with E-state index in [1.807, 2.05) is 0 Å². The molecule has 1 aromatic carbocycles. The Hall–Kier alpha value is -2.10. The van der Waals surface area contributed by atoms with Crippen molar-refractivity contribution in [3.8, 4) is 0 Å². The topological polar surface area (TPSA) is 52.6 Å². The van der Waals surface area contributed by atoms with Crippen LogP contribution >= 0.6 is 0 Å². The SMILES string of the molecule is C=CCC(C(=O)OC)(C(=O)OC)c1ccccc1. The lowest BCUT2D eigenvalue weighted by molar-refractivity contribution is -0.161. The average molecular weight is 248 g/mol. The number of esters is 2. The van der Waals surface area contributed by atoms with Gasteiger partial charge in [-0.05, 0) is 12.0 Å². The Bertz CT molecular complexity index is 420. The monoisotopic (exact) mass is 248 g/mol. The molecule has 4 heteroatoms. The van der Waals surface area contributed by atoms with E-state index in [1.54, 1.807) is 30.3 Å². The Labute approximate surface area is 106 Å². The zero-order valence-corrected chi connectivity index (χ0v) is 10.5. The fourth-order valence-electron chi connectivity index (χ4n) is 1.89. The van der Waals surface area contributed by atoms with Crippen molar-refractivity contribution in [1.82, 2.24) is 0 Å². The van der Waals surface area contributed by atoms with Crippen molar-refractivity contribution in [1.29, 1.82) is 0 Å². The summed E-state index contributed by atoms with van der Waals surface area (Å²) in [5.41, 5.74) is -0.949. The Morgan fingerprint density at radius 2 is 1.67 bits per heavy atom. The quantitative estimate of drug-likeness (QED) is 0.453. The lowest BCUT2D eigenvalue weighted by atomic mass is 9.77. The molecule has 18 heavy (non-hydrogen) atoms. The summed E-state index contributed by atoms with van der Waals surface area (Å²) < 4.78 is 9.52. The van der Waals surface area contributed by atoms with Gasteiger partial charge >= 0.3 is 11.9 Å². The van der Waals surface area contributed by atoms with Crippen LogP contribution in [-0.2, 0) is 24.5 Å². The Kier molecular flexibility index (Phi) is 4.66. The zero-order valence-electron chi connectivity index (χ0n) is 10.5. The molecule has 4 nitrogen and oxygen atoms in total. The maximum absolute atomic E-state index is 12.1. The highest BCUT2D eigenvalue weighted by Gasteiger charge is 2.49. The summed E-state index contributed by atoms with van der Waals surface area (Å²) >= 11 is 0. The minimum Gasteiger partial charge on any atom is -0.468 e. The molecule has 0 aliphatic carbocycles. The van der Waals surface area contributed by atoms with Crippen LogP contribution in [0.1, 0.15) is 12.0 Å². The van der Waals surface area contributed by atoms with Crippen LogP contribution in [0.3, 0.4) is 0 Å². The molecule has 1 aromatic rings. The molecule has 0 bridgehead atoms. The molecule has 0 amide bonds. The molecular weight excluding hydrogens is 232 g/mol. The van der Waals surface area contributed by atoms with Gasteiger partial charge in [0.2, 0.25) is 0 Å². The summed E-state index contributed by atoms with van der Waals surface area (Å²) in [6, 6.07) is 8.68. The third-order valence-corrected chi connectivity index (χ3v) is 2.78.